The summed E-state index contributed by atoms with van der Waals surface area (Å²) in [7, 11) is 0. The SMILES string of the molecule is O=C(OC/C=C/c1ccccc1)c1cc(-c2ccccc2)oc1-c1cccc(Br)c1. The lowest BCUT2D eigenvalue weighted by atomic mass is 10.1. The number of furan rings is 1. The lowest BCUT2D eigenvalue weighted by molar-refractivity contribution is 0.0550. The summed E-state index contributed by atoms with van der Waals surface area (Å²) in [6.07, 6.45) is 3.75. The zero-order valence-corrected chi connectivity index (χ0v) is 17.7. The number of esters is 1. The van der Waals surface area contributed by atoms with Gasteiger partial charge < -0.3 is 9.15 Å². The summed E-state index contributed by atoms with van der Waals surface area (Å²) in [5.41, 5.74) is 3.16. The van der Waals surface area contributed by atoms with Gasteiger partial charge in [0.2, 0.25) is 0 Å². The molecule has 0 N–H and O–H groups in total. The van der Waals surface area contributed by atoms with Crippen LogP contribution in [0.4, 0.5) is 0 Å². The highest BCUT2D eigenvalue weighted by molar-refractivity contribution is 9.10. The maximum atomic E-state index is 12.9. The van der Waals surface area contributed by atoms with Crippen LogP contribution in [0.2, 0.25) is 0 Å². The second-order valence-electron chi connectivity index (χ2n) is 6.64. The Labute approximate surface area is 183 Å². The van der Waals surface area contributed by atoms with Crippen molar-refractivity contribution in [3.63, 3.8) is 0 Å². The minimum Gasteiger partial charge on any atom is -0.458 e. The molecule has 0 aliphatic rings. The molecule has 0 spiro atoms. The first kappa shape index (κ1) is 19.9. The Morgan fingerprint density at radius 1 is 0.867 bits per heavy atom. The highest BCUT2D eigenvalue weighted by atomic mass is 79.9. The number of benzene rings is 3. The number of carbonyl (C=O) groups is 1. The molecular formula is C26H19BrO3. The largest absolute Gasteiger partial charge is 0.458 e. The Morgan fingerprint density at radius 2 is 1.57 bits per heavy atom. The van der Waals surface area contributed by atoms with Crippen LogP contribution in [0.5, 0.6) is 0 Å². The number of hydrogen-bond donors (Lipinski definition) is 0. The zero-order valence-electron chi connectivity index (χ0n) is 16.1. The van der Waals surface area contributed by atoms with Gasteiger partial charge in [0.25, 0.3) is 0 Å². The molecule has 1 aromatic heterocycles. The average Bonchev–Trinajstić information content (AvgIpc) is 3.24. The van der Waals surface area contributed by atoms with E-state index in [1.54, 1.807) is 6.07 Å². The molecule has 3 nitrogen and oxygen atoms in total. The van der Waals surface area contributed by atoms with Crippen molar-refractivity contribution >= 4 is 28.0 Å². The number of ether oxygens (including phenoxy) is 1. The molecule has 0 fully saturated rings. The van der Waals surface area contributed by atoms with Crippen molar-refractivity contribution in [2.24, 2.45) is 0 Å². The van der Waals surface area contributed by atoms with Crippen LogP contribution in [-0.4, -0.2) is 12.6 Å². The van der Waals surface area contributed by atoms with Gasteiger partial charge in [-0.3, -0.25) is 0 Å². The predicted molar refractivity (Wildman–Crippen MR) is 123 cm³/mol. The first-order chi connectivity index (χ1) is 14.7. The Bertz CT molecular complexity index is 1160. The monoisotopic (exact) mass is 458 g/mol. The summed E-state index contributed by atoms with van der Waals surface area (Å²) in [4.78, 5) is 12.9. The maximum absolute atomic E-state index is 12.9. The van der Waals surface area contributed by atoms with Crippen LogP contribution in [0.25, 0.3) is 28.7 Å². The molecule has 4 heteroatoms. The van der Waals surface area contributed by atoms with Crippen LogP contribution < -0.4 is 0 Å². The molecule has 1 heterocycles. The van der Waals surface area contributed by atoms with Crippen LogP contribution in [-0.2, 0) is 4.74 Å². The van der Waals surface area contributed by atoms with Crippen LogP contribution in [0, 0.1) is 0 Å². The second kappa shape index (κ2) is 9.42. The number of carbonyl (C=O) groups excluding carboxylic acids is 1. The van der Waals surface area contributed by atoms with Crippen LogP contribution in [0.1, 0.15) is 15.9 Å². The lowest BCUT2D eigenvalue weighted by Crippen LogP contribution is -2.05. The van der Waals surface area contributed by atoms with E-state index >= 15 is 0 Å². The van der Waals surface area contributed by atoms with Crippen molar-refractivity contribution in [2.75, 3.05) is 6.61 Å². The highest BCUT2D eigenvalue weighted by Gasteiger charge is 2.21. The van der Waals surface area contributed by atoms with E-state index in [-0.39, 0.29) is 6.61 Å². The second-order valence-corrected chi connectivity index (χ2v) is 7.56. The van der Waals surface area contributed by atoms with Gasteiger partial charge in [-0.15, -0.1) is 0 Å². The molecule has 0 radical (unpaired) electrons. The molecule has 0 atom stereocenters. The summed E-state index contributed by atoms with van der Waals surface area (Å²) in [6, 6.07) is 29.0. The van der Waals surface area contributed by atoms with Gasteiger partial charge in [0.05, 0.1) is 0 Å². The van der Waals surface area contributed by atoms with Gasteiger partial charge in [-0.1, -0.05) is 94.8 Å². The minimum atomic E-state index is -0.423. The van der Waals surface area contributed by atoms with Crippen molar-refractivity contribution in [1.29, 1.82) is 0 Å². The molecule has 3 aromatic carbocycles. The lowest BCUT2D eigenvalue weighted by Gasteiger charge is -2.04. The van der Waals surface area contributed by atoms with Gasteiger partial charge in [-0.25, -0.2) is 4.79 Å². The van der Waals surface area contributed by atoms with E-state index in [1.807, 2.05) is 97.1 Å². The molecule has 0 unspecified atom stereocenters. The van der Waals surface area contributed by atoms with Gasteiger partial charge in [0.1, 0.15) is 23.7 Å². The van der Waals surface area contributed by atoms with E-state index in [9.17, 15) is 4.79 Å². The van der Waals surface area contributed by atoms with Gasteiger partial charge in [0, 0.05) is 15.6 Å². The molecule has 0 amide bonds. The van der Waals surface area contributed by atoms with Crippen molar-refractivity contribution < 1.29 is 13.9 Å². The van der Waals surface area contributed by atoms with Crippen LogP contribution in [0.15, 0.2) is 106 Å². The summed E-state index contributed by atoms with van der Waals surface area (Å²) >= 11 is 3.48. The van der Waals surface area contributed by atoms with E-state index in [0.29, 0.717) is 17.1 Å². The Balaban J connectivity index is 1.59. The van der Waals surface area contributed by atoms with Gasteiger partial charge >= 0.3 is 5.97 Å². The number of hydrogen-bond acceptors (Lipinski definition) is 3. The first-order valence-corrected chi connectivity index (χ1v) is 10.3. The molecular weight excluding hydrogens is 440 g/mol. The van der Waals surface area contributed by atoms with Crippen LogP contribution in [0.3, 0.4) is 0 Å². The predicted octanol–water partition coefficient (Wildman–Crippen LogP) is 7.25. The topological polar surface area (TPSA) is 39.4 Å². The minimum absolute atomic E-state index is 0.178. The zero-order chi connectivity index (χ0) is 20.8. The fourth-order valence-electron chi connectivity index (χ4n) is 3.08. The molecule has 0 saturated carbocycles. The Morgan fingerprint density at radius 3 is 2.30 bits per heavy atom. The van der Waals surface area contributed by atoms with E-state index in [1.165, 1.54) is 0 Å². The summed E-state index contributed by atoms with van der Waals surface area (Å²) in [5, 5.41) is 0. The van der Waals surface area contributed by atoms with E-state index in [0.717, 1.165) is 21.2 Å². The molecule has 4 aromatic rings. The van der Waals surface area contributed by atoms with E-state index in [2.05, 4.69) is 15.9 Å². The van der Waals surface area contributed by atoms with Crippen LogP contribution >= 0.6 is 15.9 Å². The summed E-state index contributed by atoms with van der Waals surface area (Å²) < 4.78 is 12.5. The van der Waals surface area contributed by atoms with E-state index < -0.39 is 5.97 Å². The maximum Gasteiger partial charge on any atom is 0.342 e. The molecule has 148 valence electrons. The quantitative estimate of drug-likeness (QED) is 0.285. The van der Waals surface area contributed by atoms with Crippen molar-refractivity contribution in [3.05, 3.63) is 113 Å². The molecule has 30 heavy (non-hydrogen) atoms. The molecule has 4 rings (SSSR count). The molecule has 0 aliphatic carbocycles. The number of rotatable bonds is 6. The molecule has 0 saturated heterocycles. The highest BCUT2D eigenvalue weighted by Crippen LogP contribution is 2.34. The fourth-order valence-corrected chi connectivity index (χ4v) is 3.48. The third-order valence-corrected chi connectivity index (χ3v) is 5.01. The third kappa shape index (κ3) is 4.78. The smallest absolute Gasteiger partial charge is 0.342 e. The van der Waals surface area contributed by atoms with Gasteiger partial charge in [-0.05, 0) is 29.8 Å². The third-order valence-electron chi connectivity index (χ3n) is 4.52. The summed E-state index contributed by atoms with van der Waals surface area (Å²) in [5.74, 6) is 0.693. The standard InChI is InChI=1S/C26H19BrO3/c27-22-15-7-14-21(17-22)25-23(18-24(30-25)20-12-5-2-6-13-20)26(28)29-16-8-11-19-9-3-1-4-10-19/h1-15,17-18H,16H2/b11-8+. The van der Waals surface area contributed by atoms with Crippen molar-refractivity contribution in [2.45, 2.75) is 0 Å². The van der Waals surface area contributed by atoms with Crippen molar-refractivity contribution in [3.8, 4) is 22.6 Å². The van der Waals surface area contributed by atoms with E-state index in [4.69, 9.17) is 9.15 Å². The number of halogens is 1. The molecule has 0 aliphatic heterocycles. The van der Waals surface area contributed by atoms with Gasteiger partial charge in [0.15, 0.2) is 0 Å². The normalized spacial score (nSPS) is 11.0. The summed E-state index contributed by atoms with van der Waals surface area (Å²) in [6.45, 7) is 0.178. The van der Waals surface area contributed by atoms with Gasteiger partial charge in [-0.2, -0.15) is 0 Å². The first-order valence-electron chi connectivity index (χ1n) is 9.54. The molecule has 0 bridgehead atoms. The fraction of sp³-hybridized carbons (Fsp3) is 0.0385. The Hall–Kier alpha value is -3.37. The van der Waals surface area contributed by atoms with Crippen molar-refractivity contribution in [1.82, 2.24) is 0 Å². The average molecular weight is 459 g/mol. The Kier molecular flexibility index (Phi) is 6.26.